The van der Waals surface area contributed by atoms with Crippen molar-refractivity contribution in [3.8, 4) is 0 Å². The summed E-state index contributed by atoms with van der Waals surface area (Å²) in [5.74, 6) is -0.0691. The predicted octanol–water partition coefficient (Wildman–Crippen LogP) is 15.2. The standard InChI is InChI=1S/C52H91NO3/c1-3-5-7-9-11-13-14-15-16-17-18-19-20-21-22-23-24-25-26-27-28-29-30-31-32-33-34-35-36-37-38-40-42-44-46-48-52(56)53-50(49-54)51(55)47-45-43-41-39-12-10-8-6-4-2/h5,7,11,13,15-16,18-19,21-22,24-25,45,47,50-51,54-55H,3-4,6,8-10,12,14,17,20,23,26-44,46,48-49H2,1-2H3,(H,53,56)/b7-5-,13-11-,16-15-,19-18-,22-21-,25-24-,47-45+. The van der Waals surface area contributed by atoms with E-state index in [2.05, 4.69) is 92.1 Å². The summed E-state index contributed by atoms with van der Waals surface area (Å²) in [4.78, 5) is 12.4. The molecule has 0 spiro atoms. The van der Waals surface area contributed by atoms with Crippen LogP contribution in [0.15, 0.2) is 85.1 Å². The number of carbonyl (C=O) groups excluding carboxylic acids is 1. The molecule has 0 bridgehead atoms. The van der Waals surface area contributed by atoms with Gasteiger partial charge in [-0.2, -0.15) is 0 Å². The molecule has 0 fully saturated rings. The summed E-state index contributed by atoms with van der Waals surface area (Å²) in [6.07, 6.45) is 68.6. The average molecular weight is 778 g/mol. The number of aliphatic hydroxyl groups excluding tert-OH is 2. The summed E-state index contributed by atoms with van der Waals surface area (Å²) in [6.45, 7) is 4.16. The highest BCUT2D eigenvalue weighted by Gasteiger charge is 2.17. The molecule has 2 atom stereocenters. The Morgan fingerprint density at radius 2 is 0.786 bits per heavy atom. The minimum atomic E-state index is -0.839. The summed E-state index contributed by atoms with van der Waals surface area (Å²) in [5.41, 5.74) is 0. The van der Waals surface area contributed by atoms with Gasteiger partial charge in [-0.05, 0) is 70.6 Å². The van der Waals surface area contributed by atoms with Gasteiger partial charge in [-0.3, -0.25) is 4.79 Å². The van der Waals surface area contributed by atoms with Crippen LogP contribution in [-0.2, 0) is 4.79 Å². The van der Waals surface area contributed by atoms with E-state index in [4.69, 9.17) is 0 Å². The first-order valence-corrected chi connectivity index (χ1v) is 23.8. The normalized spacial score (nSPS) is 13.7. The number of aliphatic hydroxyl groups is 2. The summed E-state index contributed by atoms with van der Waals surface area (Å²) in [6, 6.07) is -0.622. The third-order valence-electron chi connectivity index (χ3n) is 10.4. The van der Waals surface area contributed by atoms with Crippen molar-refractivity contribution in [2.45, 2.75) is 231 Å². The fourth-order valence-electron chi connectivity index (χ4n) is 6.77. The molecule has 56 heavy (non-hydrogen) atoms. The highest BCUT2D eigenvalue weighted by atomic mass is 16.3. The highest BCUT2D eigenvalue weighted by Crippen LogP contribution is 2.15. The molecule has 0 saturated heterocycles. The largest absolute Gasteiger partial charge is 0.394 e. The van der Waals surface area contributed by atoms with Crippen molar-refractivity contribution < 1.29 is 15.0 Å². The lowest BCUT2D eigenvalue weighted by molar-refractivity contribution is -0.123. The second-order valence-electron chi connectivity index (χ2n) is 15.8. The van der Waals surface area contributed by atoms with E-state index in [1.54, 1.807) is 6.08 Å². The molecule has 0 rings (SSSR count). The van der Waals surface area contributed by atoms with Crippen LogP contribution in [0, 0.1) is 0 Å². The second-order valence-corrected chi connectivity index (χ2v) is 15.8. The summed E-state index contributed by atoms with van der Waals surface area (Å²) < 4.78 is 0. The SMILES string of the molecule is CC/C=C\C/C=C\C/C=C\C/C=C\C/C=C\C/C=C\CCCCCCCCCCCCCCCCCCC(=O)NC(CO)C(O)/C=C/CCCCCCCCC. The summed E-state index contributed by atoms with van der Waals surface area (Å²) in [5, 5.41) is 22.9. The van der Waals surface area contributed by atoms with E-state index in [1.165, 1.54) is 135 Å². The molecule has 1 amide bonds. The number of rotatable bonds is 42. The monoisotopic (exact) mass is 778 g/mol. The first kappa shape index (κ1) is 53.6. The van der Waals surface area contributed by atoms with Gasteiger partial charge in [0.15, 0.2) is 0 Å². The van der Waals surface area contributed by atoms with Gasteiger partial charge in [-0.15, -0.1) is 0 Å². The summed E-state index contributed by atoms with van der Waals surface area (Å²) >= 11 is 0. The van der Waals surface area contributed by atoms with E-state index in [0.717, 1.165) is 64.2 Å². The molecule has 4 heteroatoms. The zero-order valence-electron chi connectivity index (χ0n) is 36.9. The van der Waals surface area contributed by atoms with Gasteiger partial charge >= 0.3 is 0 Å². The Morgan fingerprint density at radius 3 is 1.18 bits per heavy atom. The maximum Gasteiger partial charge on any atom is 0.220 e. The number of allylic oxidation sites excluding steroid dienone is 13. The lowest BCUT2D eigenvalue weighted by atomic mass is 10.0. The first-order chi connectivity index (χ1) is 27.7. The molecule has 0 heterocycles. The van der Waals surface area contributed by atoms with Crippen molar-refractivity contribution in [3.05, 3.63) is 85.1 Å². The Morgan fingerprint density at radius 1 is 0.446 bits per heavy atom. The molecule has 0 aliphatic heterocycles. The van der Waals surface area contributed by atoms with E-state index in [1.807, 2.05) is 6.08 Å². The molecule has 0 aliphatic carbocycles. The molecule has 0 aliphatic rings. The van der Waals surface area contributed by atoms with E-state index < -0.39 is 12.1 Å². The number of unbranched alkanes of at least 4 members (excludes halogenated alkanes) is 23. The highest BCUT2D eigenvalue weighted by molar-refractivity contribution is 5.76. The maximum absolute atomic E-state index is 12.4. The Hall–Kier alpha value is -2.43. The number of amides is 1. The lowest BCUT2D eigenvalue weighted by Gasteiger charge is -2.20. The van der Waals surface area contributed by atoms with Crippen LogP contribution < -0.4 is 5.32 Å². The Bertz CT molecular complexity index is 1020. The Balaban J connectivity index is 3.48. The smallest absolute Gasteiger partial charge is 0.220 e. The van der Waals surface area contributed by atoms with Crippen molar-refractivity contribution in [3.63, 3.8) is 0 Å². The van der Waals surface area contributed by atoms with Gasteiger partial charge in [0, 0.05) is 6.42 Å². The summed E-state index contributed by atoms with van der Waals surface area (Å²) in [7, 11) is 0. The van der Waals surface area contributed by atoms with Crippen LogP contribution in [0.5, 0.6) is 0 Å². The molecule has 0 aromatic carbocycles. The molecular weight excluding hydrogens is 687 g/mol. The van der Waals surface area contributed by atoms with E-state index in [9.17, 15) is 15.0 Å². The molecule has 3 N–H and O–H groups in total. The van der Waals surface area contributed by atoms with Gasteiger partial charge in [0.1, 0.15) is 0 Å². The fourth-order valence-corrected chi connectivity index (χ4v) is 6.77. The molecule has 0 radical (unpaired) electrons. The van der Waals surface area contributed by atoms with E-state index in [0.29, 0.717) is 6.42 Å². The van der Waals surface area contributed by atoms with Crippen LogP contribution in [0.3, 0.4) is 0 Å². The third-order valence-corrected chi connectivity index (χ3v) is 10.4. The van der Waals surface area contributed by atoms with Crippen LogP contribution in [0.1, 0.15) is 219 Å². The molecule has 4 nitrogen and oxygen atoms in total. The molecule has 0 aromatic heterocycles. The molecule has 2 unspecified atom stereocenters. The molecule has 0 aromatic rings. The lowest BCUT2D eigenvalue weighted by Crippen LogP contribution is -2.45. The Kier molecular flexibility index (Phi) is 44.9. The van der Waals surface area contributed by atoms with Gasteiger partial charge in [-0.1, -0.05) is 227 Å². The number of nitrogens with one attached hydrogen (secondary N) is 1. The number of carbonyl (C=O) groups is 1. The maximum atomic E-state index is 12.4. The van der Waals surface area contributed by atoms with Gasteiger partial charge in [-0.25, -0.2) is 0 Å². The van der Waals surface area contributed by atoms with Crippen molar-refractivity contribution in [1.29, 1.82) is 0 Å². The average Bonchev–Trinajstić information content (AvgIpc) is 3.20. The minimum Gasteiger partial charge on any atom is -0.394 e. The van der Waals surface area contributed by atoms with Crippen molar-refractivity contribution in [1.82, 2.24) is 5.32 Å². The predicted molar refractivity (Wildman–Crippen MR) is 248 cm³/mol. The van der Waals surface area contributed by atoms with Gasteiger partial charge < -0.3 is 15.5 Å². The first-order valence-electron chi connectivity index (χ1n) is 23.8. The van der Waals surface area contributed by atoms with Crippen LogP contribution in [0.2, 0.25) is 0 Å². The van der Waals surface area contributed by atoms with Crippen molar-refractivity contribution in [2.24, 2.45) is 0 Å². The molecule has 322 valence electrons. The number of hydrogen-bond donors (Lipinski definition) is 3. The minimum absolute atomic E-state index is 0.0691. The van der Waals surface area contributed by atoms with Gasteiger partial charge in [0.2, 0.25) is 5.91 Å². The van der Waals surface area contributed by atoms with Crippen LogP contribution in [0.25, 0.3) is 0 Å². The zero-order valence-corrected chi connectivity index (χ0v) is 36.9. The fraction of sp³-hybridized carbons (Fsp3) is 0.712. The van der Waals surface area contributed by atoms with Crippen molar-refractivity contribution >= 4 is 5.91 Å². The van der Waals surface area contributed by atoms with Crippen LogP contribution in [-0.4, -0.2) is 34.9 Å². The van der Waals surface area contributed by atoms with Gasteiger partial charge in [0.25, 0.3) is 0 Å². The van der Waals surface area contributed by atoms with Gasteiger partial charge in [0.05, 0.1) is 18.8 Å². The van der Waals surface area contributed by atoms with Crippen molar-refractivity contribution in [2.75, 3.05) is 6.61 Å². The van der Waals surface area contributed by atoms with E-state index in [-0.39, 0.29) is 12.5 Å². The molecule has 0 saturated carbocycles. The second kappa shape index (κ2) is 46.9. The third kappa shape index (κ3) is 42.7. The van der Waals surface area contributed by atoms with Crippen LogP contribution in [0.4, 0.5) is 0 Å². The quantitative estimate of drug-likeness (QED) is 0.0427. The molecular formula is C52H91NO3. The zero-order chi connectivity index (χ0) is 40.7. The number of hydrogen-bond acceptors (Lipinski definition) is 3. The Labute approximate surface area is 348 Å². The van der Waals surface area contributed by atoms with Crippen LogP contribution >= 0.6 is 0 Å². The topological polar surface area (TPSA) is 69.6 Å². The van der Waals surface area contributed by atoms with E-state index >= 15 is 0 Å².